The lowest BCUT2D eigenvalue weighted by molar-refractivity contribution is -0.242. The zero-order chi connectivity index (χ0) is 38.3. The number of esters is 2. The van der Waals surface area contributed by atoms with Crippen LogP contribution in [-0.2, 0) is 39.6 Å². The van der Waals surface area contributed by atoms with Crippen LogP contribution < -0.4 is 11.4 Å². The maximum absolute atomic E-state index is 15.0. The Balaban J connectivity index is 1.41. The van der Waals surface area contributed by atoms with Crippen molar-refractivity contribution in [2.45, 2.75) is 108 Å². The van der Waals surface area contributed by atoms with Crippen LogP contribution in [0.1, 0.15) is 79.6 Å². The number of hydrogen-bond donors (Lipinski definition) is 1. The minimum absolute atomic E-state index is 0.0691. The van der Waals surface area contributed by atoms with Gasteiger partial charge < -0.3 is 24.1 Å². The molecule has 0 amide bonds. The van der Waals surface area contributed by atoms with Gasteiger partial charge in [-0.25, -0.2) is 33.1 Å². The molecule has 286 valence electrons. The maximum Gasteiger partial charge on any atom is 0.508 e. The van der Waals surface area contributed by atoms with Crippen molar-refractivity contribution in [3.63, 3.8) is 0 Å². The molecule has 0 radical (unpaired) electrons. The summed E-state index contributed by atoms with van der Waals surface area (Å²) in [6, 6.07) is 8.88. The highest BCUT2D eigenvalue weighted by Crippen LogP contribution is 2.74. The number of allylic oxidation sites excluding steroid dienone is 3. The second-order valence-corrected chi connectivity index (χ2v) is 16.6. The monoisotopic (exact) mass is 733 g/mol. The first-order valence-electron chi connectivity index (χ1n) is 18.7. The van der Waals surface area contributed by atoms with Crippen molar-refractivity contribution in [2.75, 3.05) is 14.2 Å². The molecule has 1 N–H and O–H groups in total. The van der Waals surface area contributed by atoms with E-state index in [2.05, 4.69) is 32.9 Å². The number of benzene rings is 1. The summed E-state index contributed by atoms with van der Waals surface area (Å²) in [6.07, 6.45) is 9.39. The highest BCUT2D eigenvalue weighted by molar-refractivity contribution is 5.78. The van der Waals surface area contributed by atoms with Crippen LogP contribution in [0.2, 0.25) is 0 Å². The van der Waals surface area contributed by atoms with Gasteiger partial charge >= 0.3 is 29.5 Å². The number of hydrogen-bond acceptors (Lipinski definition) is 10. The molecule has 2 bridgehead atoms. The van der Waals surface area contributed by atoms with Crippen LogP contribution in [-0.4, -0.2) is 69.2 Å². The molecule has 6 aliphatic rings. The van der Waals surface area contributed by atoms with Gasteiger partial charge in [-0.1, -0.05) is 63.3 Å². The summed E-state index contributed by atoms with van der Waals surface area (Å²) in [4.78, 5) is 67.5. The van der Waals surface area contributed by atoms with Crippen molar-refractivity contribution < 1.29 is 38.4 Å². The molecule has 8 rings (SSSR count). The molecule has 13 nitrogen and oxygen atoms in total. The Labute approximate surface area is 308 Å². The molecule has 53 heavy (non-hydrogen) atoms. The Morgan fingerprint density at radius 2 is 1.68 bits per heavy atom. The number of aliphatic hydroxyl groups is 1. The average molecular weight is 734 g/mol. The molecule has 13 heteroatoms. The van der Waals surface area contributed by atoms with E-state index >= 15 is 4.79 Å². The SMILES string of the molecule is COC(=O)O[C@H]1C[C@H](OC(C)=O)C[C@]23C=C[C@@]4([C@@H]5CC[C@H]([C@H](C)/C=C/C[C@@](C)(O)C(=O)OC)[C@@]5(C)CC[C@@H]4[C@@]12C)n1c(=O)n(-c2ccccc2)c(=O)n13. The van der Waals surface area contributed by atoms with Crippen LogP contribution in [0.4, 0.5) is 4.79 Å². The van der Waals surface area contributed by atoms with Gasteiger partial charge in [0.1, 0.15) is 12.2 Å². The van der Waals surface area contributed by atoms with E-state index < -0.39 is 63.8 Å². The van der Waals surface area contributed by atoms with Gasteiger partial charge in [-0.3, -0.25) is 4.79 Å². The minimum atomic E-state index is -1.64. The van der Waals surface area contributed by atoms with Crippen LogP contribution in [0.25, 0.3) is 5.69 Å². The van der Waals surface area contributed by atoms with Crippen molar-refractivity contribution in [1.29, 1.82) is 0 Å². The smallest absolute Gasteiger partial charge is 0.467 e. The Kier molecular flexibility index (Phi) is 8.78. The van der Waals surface area contributed by atoms with Gasteiger partial charge in [0.05, 0.1) is 31.0 Å². The van der Waals surface area contributed by atoms with Crippen molar-refractivity contribution in [1.82, 2.24) is 13.9 Å². The lowest BCUT2D eigenvalue weighted by atomic mass is 9.39. The largest absolute Gasteiger partial charge is 0.508 e. The third-order valence-electron chi connectivity index (χ3n) is 14.1. The fourth-order valence-corrected chi connectivity index (χ4v) is 11.9. The van der Waals surface area contributed by atoms with Crippen LogP contribution in [0, 0.1) is 34.5 Å². The molecule has 3 saturated carbocycles. The molecule has 4 aliphatic carbocycles. The summed E-state index contributed by atoms with van der Waals surface area (Å²) in [5.74, 6) is -1.26. The van der Waals surface area contributed by atoms with Gasteiger partial charge in [0.15, 0.2) is 5.60 Å². The zero-order valence-electron chi connectivity index (χ0n) is 31.6. The van der Waals surface area contributed by atoms with Crippen LogP contribution >= 0.6 is 0 Å². The van der Waals surface area contributed by atoms with Crippen molar-refractivity contribution in [2.24, 2.45) is 34.5 Å². The third-order valence-corrected chi connectivity index (χ3v) is 14.1. The Morgan fingerprint density at radius 3 is 2.34 bits per heavy atom. The number of rotatable bonds is 8. The second kappa shape index (κ2) is 12.6. The predicted octanol–water partition coefficient (Wildman–Crippen LogP) is 4.61. The quantitative estimate of drug-likeness (QED) is 0.231. The number of para-hydroxylation sites is 1. The fraction of sp³-hybridized carbons (Fsp3) is 0.625. The zero-order valence-corrected chi connectivity index (χ0v) is 31.6. The number of methoxy groups -OCH3 is 2. The molecule has 0 unspecified atom stereocenters. The summed E-state index contributed by atoms with van der Waals surface area (Å²) in [5, 5.41) is 10.6. The van der Waals surface area contributed by atoms with Crippen molar-refractivity contribution in [3.05, 3.63) is 75.6 Å². The van der Waals surface area contributed by atoms with Gasteiger partial charge in [0.2, 0.25) is 0 Å². The summed E-state index contributed by atoms with van der Waals surface area (Å²) in [5.41, 5.74) is -5.49. The fourth-order valence-electron chi connectivity index (χ4n) is 11.9. The number of aromatic nitrogens is 3. The van der Waals surface area contributed by atoms with E-state index in [9.17, 15) is 24.3 Å². The van der Waals surface area contributed by atoms with E-state index in [1.165, 1.54) is 32.6 Å². The van der Waals surface area contributed by atoms with Gasteiger partial charge in [-0.05, 0) is 73.8 Å². The van der Waals surface area contributed by atoms with Crippen LogP contribution in [0.15, 0.2) is 64.2 Å². The van der Waals surface area contributed by atoms with Gasteiger partial charge in [0, 0.05) is 31.6 Å². The van der Waals surface area contributed by atoms with Gasteiger partial charge in [-0.2, -0.15) is 0 Å². The number of carbonyl (C=O) groups excluding carboxylic acids is 3. The van der Waals surface area contributed by atoms with Gasteiger partial charge in [-0.15, -0.1) is 0 Å². The molecular weight excluding hydrogens is 682 g/mol. The molecule has 3 fully saturated rings. The number of nitrogens with zero attached hydrogens (tertiary/aromatic N) is 3. The van der Waals surface area contributed by atoms with E-state index in [0.717, 1.165) is 19.3 Å². The first-order valence-corrected chi connectivity index (χ1v) is 18.7. The summed E-state index contributed by atoms with van der Waals surface area (Å²) < 4.78 is 26.3. The van der Waals surface area contributed by atoms with Gasteiger partial charge in [0.25, 0.3) is 0 Å². The summed E-state index contributed by atoms with van der Waals surface area (Å²) >= 11 is 0. The van der Waals surface area contributed by atoms with E-state index in [1.807, 2.05) is 18.2 Å². The van der Waals surface area contributed by atoms with E-state index in [1.54, 1.807) is 33.6 Å². The maximum atomic E-state index is 15.0. The first-order chi connectivity index (χ1) is 25.0. The third kappa shape index (κ3) is 5.01. The molecule has 2 spiro atoms. The van der Waals surface area contributed by atoms with Crippen molar-refractivity contribution in [3.8, 4) is 5.69 Å². The van der Waals surface area contributed by atoms with Crippen LogP contribution in [0.5, 0.6) is 0 Å². The standard InChI is InChI=1S/C40H51N3O10/c1-24(12-11-18-37(4,49)32(45)50-6)28-15-16-29-36(28,3)19-17-30-38(5)31(53-35(48)51-7)22-27(52-25(2)44)23-39(38)20-21-40(29,30)43-34(47)41(33(46)42(39)43)26-13-9-8-10-14-26/h8-14,20-21,24,27-31,49H,15-19,22-23H2,1-7H3/b12-11+/t24-,27+,28-,29-,30-,31+,36-,37-,38+,39-,40+/m1/s1. The highest BCUT2D eigenvalue weighted by atomic mass is 16.7. The molecule has 3 heterocycles. The molecule has 2 aromatic rings. The van der Waals surface area contributed by atoms with Crippen molar-refractivity contribution >= 4 is 18.1 Å². The molecule has 1 aromatic heterocycles. The number of carbonyl (C=O) groups is 3. The topological polar surface area (TPSA) is 157 Å². The van der Waals surface area contributed by atoms with E-state index in [4.69, 9.17) is 18.9 Å². The number of ether oxygens (including phenoxy) is 4. The highest BCUT2D eigenvalue weighted by Gasteiger charge is 2.78. The molecule has 11 atom stereocenters. The van der Waals surface area contributed by atoms with E-state index in [0.29, 0.717) is 12.1 Å². The van der Waals surface area contributed by atoms with Crippen LogP contribution in [0.3, 0.4) is 0 Å². The lowest BCUT2D eigenvalue weighted by Crippen LogP contribution is -2.79. The summed E-state index contributed by atoms with van der Waals surface area (Å²) in [6.45, 7) is 9.29. The Hall–Kier alpha value is -4.39. The molecule has 0 saturated heterocycles. The predicted molar refractivity (Wildman–Crippen MR) is 192 cm³/mol. The second-order valence-electron chi connectivity index (χ2n) is 16.6. The minimum Gasteiger partial charge on any atom is -0.467 e. The molecular formula is C40H51N3O10. The lowest BCUT2D eigenvalue weighted by Gasteiger charge is -2.72. The molecule has 2 aliphatic heterocycles. The first kappa shape index (κ1) is 36.9. The molecule has 1 aromatic carbocycles. The normalized spacial score (nSPS) is 36.7. The Bertz CT molecular complexity index is 1990. The number of fused-ring (bicyclic) bond motifs is 1. The average Bonchev–Trinajstić information content (AvgIpc) is 3.62. The summed E-state index contributed by atoms with van der Waals surface area (Å²) in [7, 11) is 2.50. The van der Waals surface area contributed by atoms with E-state index in [-0.39, 0.29) is 48.3 Å². The Morgan fingerprint density at radius 1 is 0.981 bits per heavy atom.